The summed E-state index contributed by atoms with van der Waals surface area (Å²) in [5, 5.41) is 5.52. The number of hydrogen-bond acceptors (Lipinski definition) is 4. The highest BCUT2D eigenvalue weighted by Gasteiger charge is 2.20. The molecule has 5 N–H and O–H groups in total. The van der Waals surface area contributed by atoms with E-state index in [0.717, 1.165) is 0 Å². The molecule has 1 aromatic heterocycles. The molecule has 64 valence electrons. The standard InChI is InChI=1S/C6H9N5O/c7-3-1-8-5-4(6(12)11-3)9-2-10-5/h2-3,8H,1,7H2,(H,9,10)(H,11,12). The molecule has 0 radical (unpaired) electrons. The maximum atomic E-state index is 11.3. The summed E-state index contributed by atoms with van der Waals surface area (Å²) < 4.78 is 0. The van der Waals surface area contributed by atoms with Crippen LogP contribution in [0.15, 0.2) is 6.33 Å². The Morgan fingerprint density at radius 3 is 3.33 bits per heavy atom. The second kappa shape index (κ2) is 2.49. The van der Waals surface area contributed by atoms with Crippen molar-refractivity contribution in [1.29, 1.82) is 0 Å². The van der Waals surface area contributed by atoms with E-state index in [2.05, 4.69) is 20.6 Å². The normalized spacial score (nSPS) is 22.1. The molecule has 0 bridgehead atoms. The van der Waals surface area contributed by atoms with Gasteiger partial charge in [-0.3, -0.25) is 4.79 Å². The number of fused-ring (bicyclic) bond motifs is 1. The quantitative estimate of drug-likeness (QED) is 0.392. The Kier molecular flexibility index (Phi) is 1.47. The fourth-order valence-corrected chi connectivity index (χ4v) is 1.10. The van der Waals surface area contributed by atoms with Crippen LogP contribution in [0, 0.1) is 0 Å². The molecule has 2 heterocycles. The third kappa shape index (κ3) is 1.02. The summed E-state index contributed by atoms with van der Waals surface area (Å²) in [6.07, 6.45) is 1.11. The monoisotopic (exact) mass is 167 g/mol. The molecule has 1 atom stereocenters. The summed E-state index contributed by atoms with van der Waals surface area (Å²) >= 11 is 0. The van der Waals surface area contributed by atoms with E-state index in [9.17, 15) is 4.79 Å². The van der Waals surface area contributed by atoms with Crippen LogP contribution in [0.1, 0.15) is 10.5 Å². The van der Waals surface area contributed by atoms with Crippen LogP contribution in [0.2, 0.25) is 0 Å². The van der Waals surface area contributed by atoms with Crippen LogP contribution >= 0.6 is 0 Å². The van der Waals surface area contributed by atoms with E-state index in [-0.39, 0.29) is 12.1 Å². The highest BCUT2D eigenvalue weighted by molar-refractivity contribution is 5.97. The van der Waals surface area contributed by atoms with Crippen LogP contribution in [0.5, 0.6) is 0 Å². The Morgan fingerprint density at radius 1 is 1.67 bits per heavy atom. The number of rotatable bonds is 0. The van der Waals surface area contributed by atoms with Crippen molar-refractivity contribution in [1.82, 2.24) is 15.3 Å². The fourth-order valence-electron chi connectivity index (χ4n) is 1.10. The summed E-state index contributed by atoms with van der Waals surface area (Å²) in [6.45, 7) is 0.490. The lowest BCUT2D eigenvalue weighted by Gasteiger charge is -2.08. The molecule has 0 spiro atoms. The number of aromatic nitrogens is 2. The summed E-state index contributed by atoms with van der Waals surface area (Å²) in [6, 6.07) is 0. The average Bonchev–Trinajstić information content (AvgIpc) is 2.43. The lowest BCUT2D eigenvalue weighted by molar-refractivity contribution is 0.0939. The second-order valence-corrected chi connectivity index (χ2v) is 2.59. The summed E-state index contributed by atoms with van der Waals surface area (Å²) in [7, 11) is 0. The number of imidazole rings is 1. The Bertz CT molecular complexity index is 307. The van der Waals surface area contributed by atoms with Crippen molar-refractivity contribution in [2.75, 3.05) is 11.9 Å². The van der Waals surface area contributed by atoms with Gasteiger partial charge in [0.2, 0.25) is 0 Å². The number of amides is 1. The van der Waals surface area contributed by atoms with Crippen molar-refractivity contribution in [2.45, 2.75) is 6.17 Å². The number of carbonyl (C=O) groups is 1. The molecular formula is C6H9N5O. The zero-order chi connectivity index (χ0) is 8.55. The van der Waals surface area contributed by atoms with E-state index in [4.69, 9.17) is 5.73 Å². The van der Waals surface area contributed by atoms with Crippen molar-refractivity contribution in [3.63, 3.8) is 0 Å². The SMILES string of the molecule is NC1CNc2nc[nH]c2C(=O)N1. The van der Waals surface area contributed by atoms with Crippen molar-refractivity contribution >= 4 is 11.7 Å². The van der Waals surface area contributed by atoms with Crippen molar-refractivity contribution in [3.8, 4) is 0 Å². The second-order valence-electron chi connectivity index (χ2n) is 2.59. The van der Waals surface area contributed by atoms with Gasteiger partial charge in [0.25, 0.3) is 5.91 Å². The van der Waals surface area contributed by atoms with E-state index in [1.807, 2.05) is 0 Å². The first-order valence-corrected chi connectivity index (χ1v) is 3.61. The van der Waals surface area contributed by atoms with Crippen LogP contribution in [0.25, 0.3) is 0 Å². The van der Waals surface area contributed by atoms with Gasteiger partial charge in [0.15, 0.2) is 5.82 Å². The molecule has 1 aliphatic rings. The fraction of sp³-hybridized carbons (Fsp3) is 0.333. The summed E-state index contributed by atoms with van der Waals surface area (Å²) in [5.74, 6) is 0.334. The zero-order valence-corrected chi connectivity index (χ0v) is 6.29. The maximum Gasteiger partial charge on any atom is 0.272 e. The van der Waals surface area contributed by atoms with Gasteiger partial charge in [-0.15, -0.1) is 0 Å². The molecule has 12 heavy (non-hydrogen) atoms. The molecule has 1 aromatic rings. The lowest BCUT2D eigenvalue weighted by atomic mass is 10.4. The molecule has 0 saturated carbocycles. The van der Waals surface area contributed by atoms with Gasteiger partial charge >= 0.3 is 0 Å². The van der Waals surface area contributed by atoms with Gasteiger partial charge in [-0.2, -0.15) is 0 Å². The van der Waals surface area contributed by atoms with E-state index >= 15 is 0 Å². The number of nitrogens with two attached hydrogens (primary N) is 1. The molecule has 2 rings (SSSR count). The summed E-state index contributed by atoms with van der Waals surface area (Å²) in [4.78, 5) is 17.9. The zero-order valence-electron chi connectivity index (χ0n) is 6.29. The Hall–Kier alpha value is -1.56. The predicted molar refractivity (Wildman–Crippen MR) is 42.5 cm³/mol. The van der Waals surface area contributed by atoms with Gasteiger partial charge < -0.3 is 21.4 Å². The van der Waals surface area contributed by atoms with Crippen molar-refractivity contribution in [3.05, 3.63) is 12.0 Å². The van der Waals surface area contributed by atoms with Crippen LogP contribution in [-0.4, -0.2) is 28.6 Å². The van der Waals surface area contributed by atoms with Crippen molar-refractivity contribution < 1.29 is 4.79 Å². The van der Waals surface area contributed by atoms with E-state index in [1.54, 1.807) is 0 Å². The van der Waals surface area contributed by atoms with E-state index < -0.39 is 0 Å². The Balaban J connectivity index is 2.35. The Morgan fingerprint density at radius 2 is 2.50 bits per heavy atom. The van der Waals surface area contributed by atoms with E-state index in [0.29, 0.717) is 18.1 Å². The number of carbonyl (C=O) groups excluding carboxylic acids is 1. The van der Waals surface area contributed by atoms with Crippen LogP contribution in [0.3, 0.4) is 0 Å². The molecule has 1 unspecified atom stereocenters. The number of aromatic amines is 1. The maximum absolute atomic E-state index is 11.3. The van der Waals surface area contributed by atoms with E-state index in [1.165, 1.54) is 6.33 Å². The van der Waals surface area contributed by atoms with Gasteiger partial charge in [0, 0.05) is 6.54 Å². The molecule has 0 aliphatic carbocycles. The molecule has 1 amide bonds. The predicted octanol–water partition coefficient (Wildman–Crippen LogP) is -1.15. The van der Waals surface area contributed by atoms with Crippen LogP contribution in [-0.2, 0) is 0 Å². The third-order valence-electron chi connectivity index (χ3n) is 1.67. The van der Waals surface area contributed by atoms with Gasteiger partial charge in [0.1, 0.15) is 5.69 Å². The van der Waals surface area contributed by atoms with Gasteiger partial charge in [-0.05, 0) is 0 Å². The van der Waals surface area contributed by atoms with Crippen LogP contribution < -0.4 is 16.4 Å². The number of nitrogens with one attached hydrogen (secondary N) is 3. The first kappa shape index (κ1) is 7.11. The lowest BCUT2D eigenvalue weighted by Crippen LogP contribution is -2.44. The van der Waals surface area contributed by atoms with Crippen molar-refractivity contribution in [2.24, 2.45) is 5.73 Å². The van der Waals surface area contributed by atoms with Gasteiger partial charge in [0.05, 0.1) is 12.5 Å². The first-order valence-electron chi connectivity index (χ1n) is 3.61. The first-order chi connectivity index (χ1) is 5.77. The van der Waals surface area contributed by atoms with Gasteiger partial charge in [-0.25, -0.2) is 4.98 Å². The molecule has 6 heteroatoms. The van der Waals surface area contributed by atoms with Gasteiger partial charge in [-0.1, -0.05) is 0 Å². The average molecular weight is 167 g/mol. The number of hydrogen-bond donors (Lipinski definition) is 4. The summed E-state index contributed by atoms with van der Waals surface area (Å²) in [5.41, 5.74) is 5.96. The molecule has 0 saturated heterocycles. The molecular weight excluding hydrogens is 158 g/mol. The molecule has 0 aromatic carbocycles. The van der Waals surface area contributed by atoms with Crippen LogP contribution in [0.4, 0.5) is 5.82 Å². The minimum atomic E-state index is -0.361. The number of anilines is 1. The minimum absolute atomic E-state index is 0.222. The molecule has 1 aliphatic heterocycles. The topological polar surface area (TPSA) is 95.8 Å². The smallest absolute Gasteiger partial charge is 0.272 e. The highest BCUT2D eigenvalue weighted by Crippen LogP contribution is 2.10. The number of nitrogens with zero attached hydrogens (tertiary/aromatic N) is 1. The largest absolute Gasteiger partial charge is 0.365 e. The third-order valence-corrected chi connectivity index (χ3v) is 1.67. The highest BCUT2D eigenvalue weighted by atomic mass is 16.2. The molecule has 6 nitrogen and oxygen atoms in total. The molecule has 0 fully saturated rings. The number of H-pyrrole nitrogens is 1. The Labute approximate surface area is 68.6 Å². The minimum Gasteiger partial charge on any atom is -0.365 e.